The van der Waals surface area contributed by atoms with Crippen LogP contribution in [0.1, 0.15) is 24.1 Å². The SMILES string of the molecule is CCOc1ccc(C(CNC(=O)C2=Cc3cc(Cl)ccc3OC2)N2CCOCC2)cc1OC. The third-order valence-corrected chi connectivity index (χ3v) is 6.03. The Morgan fingerprint density at radius 1 is 1.18 bits per heavy atom. The zero-order valence-corrected chi connectivity index (χ0v) is 19.7. The zero-order valence-electron chi connectivity index (χ0n) is 18.9. The van der Waals surface area contributed by atoms with E-state index in [4.69, 9.17) is 30.5 Å². The second kappa shape index (κ2) is 10.9. The third-order valence-electron chi connectivity index (χ3n) is 5.79. The van der Waals surface area contributed by atoms with Crippen molar-refractivity contribution in [1.29, 1.82) is 0 Å². The van der Waals surface area contributed by atoms with E-state index >= 15 is 0 Å². The number of nitrogens with one attached hydrogen (secondary N) is 1. The van der Waals surface area contributed by atoms with Crippen molar-refractivity contribution in [3.63, 3.8) is 0 Å². The molecule has 0 spiro atoms. The number of methoxy groups -OCH3 is 1. The average molecular weight is 473 g/mol. The van der Waals surface area contributed by atoms with E-state index in [2.05, 4.69) is 10.2 Å². The van der Waals surface area contributed by atoms with Gasteiger partial charge in [0.25, 0.3) is 5.91 Å². The summed E-state index contributed by atoms with van der Waals surface area (Å²) < 4.78 is 22.5. The Morgan fingerprint density at radius 3 is 2.76 bits per heavy atom. The van der Waals surface area contributed by atoms with Crippen LogP contribution < -0.4 is 19.5 Å². The van der Waals surface area contributed by atoms with Crippen molar-refractivity contribution in [2.24, 2.45) is 0 Å². The molecule has 8 heteroatoms. The molecule has 2 heterocycles. The maximum absolute atomic E-state index is 13.0. The van der Waals surface area contributed by atoms with Crippen LogP contribution in [0.15, 0.2) is 42.0 Å². The van der Waals surface area contributed by atoms with E-state index in [1.54, 1.807) is 19.2 Å². The number of fused-ring (bicyclic) bond motifs is 1. The number of ether oxygens (including phenoxy) is 4. The van der Waals surface area contributed by atoms with E-state index in [0.29, 0.717) is 48.5 Å². The molecular weight excluding hydrogens is 444 g/mol. The van der Waals surface area contributed by atoms with Crippen LogP contribution >= 0.6 is 11.6 Å². The molecule has 2 aromatic carbocycles. The lowest BCUT2D eigenvalue weighted by Gasteiger charge is -2.35. The number of halogens is 1. The molecule has 1 N–H and O–H groups in total. The number of carbonyl (C=O) groups is 1. The van der Waals surface area contributed by atoms with Gasteiger partial charge in [0.1, 0.15) is 12.4 Å². The number of benzene rings is 2. The van der Waals surface area contributed by atoms with Crippen molar-refractivity contribution in [3.8, 4) is 17.2 Å². The molecule has 2 aliphatic rings. The third kappa shape index (κ3) is 5.61. The van der Waals surface area contributed by atoms with Gasteiger partial charge >= 0.3 is 0 Å². The molecule has 1 fully saturated rings. The summed E-state index contributed by atoms with van der Waals surface area (Å²) >= 11 is 6.10. The van der Waals surface area contributed by atoms with Crippen LogP contribution in [0.5, 0.6) is 17.2 Å². The predicted molar refractivity (Wildman–Crippen MR) is 127 cm³/mol. The van der Waals surface area contributed by atoms with E-state index in [0.717, 1.165) is 30.0 Å². The molecule has 0 saturated carbocycles. The molecule has 0 aliphatic carbocycles. The first-order valence-corrected chi connectivity index (χ1v) is 11.5. The molecule has 176 valence electrons. The summed E-state index contributed by atoms with van der Waals surface area (Å²) in [5, 5.41) is 3.70. The molecule has 2 aliphatic heterocycles. The lowest BCUT2D eigenvalue weighted by Crippen LogP contribution is -2.44. The molecule has 0 aromatic heterocycles. The van der Waals surface area contributed by atoms with Crippen LogP contribution in [-0.2, 0) is 9.53 Å². The van der Waals surface area contributed by atoms with E-state index in [1.165, 1.54) is 0 Å². The summed E-state index contributed by atoms with van der Waals surface area (Å²) in [6.45, 7) is 6.06. The monoisotopic (exact) mass is 472 g/mol. The molecule has 4 rings (SSSR count). The van der Waals surface area contributed by atoms with Gasteiger partial charge in [-0.25, -0.2) is 0 Å². The standard InChI is InChI=1S/C25H29ClN2O5/c1-3-32-23-6-4-17(14-24(23)30-2)21(28-8-10-31-11-9-28)15-27-25(29)19-12-18-13-20(26)5-7-22(18)33-16-19/h4-7,12-14,21H,3,8-11,15-16H2,1-2H3,(H,27,29). The van der Waals surface area contributed by atoms with Crippen molar-refractivity contribution >= 4 is 23.6 Å². The van der Waals surface area contributed by atoms with E-state index in [1.807, 2.05) is 37.3 Å². The summed E-state index contributed by atoms with van der Waals surface area (Å²) in [5.74, 6) is 1.95. The number of morpholine rings is 1. The van der Waals surface area contributed by atoms with E-state index < -0.39 is 0 Å². The molecular formula is C25H29ClN2O5. The van der Waals surface area contributed by atoms with E-state index in [-0.39, 0.29) is 18.6 Å². The fraction of sp³-hybridized carbons (Fsp3) is 0.400. The van der Waals surface area contributed by atoms with Gasteiger partial charge in [0.2, 0.25) is 0 Å². The van der Waals surface area contributed by atoms with Gasteiger partial charge in [0.05, 0.1) is 38.5 Å². The van der Waals surface area contributed by atoms with Gasteiger partial charge in [-0.15, -0.1) is 0 Å². The second-order valence-corrected chi connectivity index (χ2v) is 8.29. The maximum atomic E-state index is 13.0. The summed E-state index contributed by atoms with van der Waals surface area (Å²) in [4.78, 5) is 15.3. The number of nitrogens with zero attached hydrogens (tertiary/aromatic N) is 1. The normalized spacial score (nSPS) is 16.8. The van der Waals surface area contributed by atoms with Gasteiger partial charge in [0.15, 0.2) is 11.5 Å². The van der Waals surface area contributed by atoms with Crippen LogP contribution in [0.3, 0.4) is 0 Å². The highest BCUT2D eigenvalue weighted by molar-refractivity contribution is 6.30. The molecule has 1 unspecified atom stereocenters. The fourth-order valence-electron chi connectivity index (χ4n) is 4.10. The summed E-state index contributed by atoms with van der Waals surface area (Å²) in [5.41, 5.74) is 2.41. The minimum absolute atomic E-state index is 0.0331. The topological polar surface area (TPSA) is 69.3 Å². The Kier molecular flexibility index (Phi) is 7.75. The van der Waals surface area contributed by atoms with Gasteiger partial charge in [-0.05, 0) is 48.9 Å². The van der Waals surface area contributed by atoms with Crippen molar-refractivity contribution < 1.29 is 23.7 Å². The predicted octanol–water partition coefficient (Wildman–Crippen LogP) is 3.71. The Hall–Kier alpha value is -2.74. The second-order valence-electron chi connectivity index (χ2n) is 7.86. The summed E-state index contributed by atoms with van der Waals surface area (Å²) in [6, 6.07) is 11.3. The molecule has 33 heavy (non-hydrogen) atoms. The minimum Gasteiger partial charge on any atom is -0.493 e. The smallest absolute Gasteiger partial charge is 0.250 e. The van der Waals surface area contributed by atoms with E-state index in [9.17, 15) is 4.79 Å². The van der Waals surface area contributed by atoms with Gasteiger partial charge in [-0.3, -0.25) is 9.69 Å². The number of hydrogen-bond donors (Lipinski definition) is 1. The summed E-state index contributed by atoms with van der Waals surface area (Å²) in [7, 11) is 1.63. The first-order valence-electron chi connectivity index (χ1n) is 11.1. The van der Waals surface area contributed by atoms with Crippen LogP contribution in [0.4, 0.5) is 0 Å². The molecule has 0 radical (unpaired) electrons. The van der Waals surface area contributed by atoms with Crippen molar-refractivity contribution in [2.75, 3.05) is 53.2 Å². The van der Waals surface area contributed by atoms with Gasteiger partial charge in [-0.2, -0.15) is 0 Å². The van der Waals surface area contributed by atoms with Crippen LogP contribution in [0.25, 0.3) is 6.08 Å². The highest BCUT2D eigenvalue weighted by Crippen LogP contribution is 2.33. The molecule has 1 atom stereocenters. The number of rotatable bonds is 8. The van der Waals surface area contributed by atoms with Crippen LogP contribution in [0.2, 0.25) is 5.02 Å². The lowest BCUT2D eigenvalue weighted by molar-refractivity contribution is -0.118. The molecule has 0 bridgehead atoms. The highest BCUT2D eigenvalue weighted by Gasteiger charge is 2.26. The van der Waals surface area contributed by atoms with Crippen molar-refractivity contribution in [2.45, 2.75) is 13.0 Å². The van der Waals surface area contributed by atoms with Crippen LogP contribution in [0, 0.1) is 0 Å². The Balaban J connectivity index is 1.52. The summed E-state index contributed by atoms with van der Waals surface area (Å²) in [6.07, 6.45) is 1.84. The zero-order chi connectivity index (χ0) is 23.2. The largest absolute Gasteiger partial charge is 0.493 e. The van der Waals surface area contributed by atoms with Crippen molar-refractivity contribution in [1.82, 2.24) is 10.2 Å². The van der Waals surface area contributed by atoms with Gasteiger partial charge in [-0.1, -0.05) is 17.7 Å². The quantitative estimate of drug-likeness (QED) is 0.631. The molecule has 1 saturated heterocycles. The van der Waals surface area contributed by atoms with Crippen molar-refractivity contribution in [3.05, 3.63) is 58.1 Å². The minimum atomic E-state index is -0.156. The van der Waals surface area contributed by atoms with Crippen LogP contribution in [-0.4, -0.2) is 64.0 Å². The molecule has 2 aromatic rings. The highest BCUT2D eigenvalue weighted by atomic mass is 35.5. The molecule has 7 nitrogen and oxygen atoms in total. The fourth-order valence-corrected chi connectivity index (χ4v) is 4.28. The average Bonchev–Trinajstić information content (AvgIpc) is 2.85. The Morgan fingerprint density at radius 2 is 2.00 bits per heavy atom. The number of carbonyl (C=O) groups excluding carboxylic acids is 1. The van der Waals surface area contributed by atoms with Gasteiger partial charge in [0, 0.05) is 30.2 Å². The Labute approximate surface area is 199 Å². The number of amides is 1. The van der Waals surface area contributed by atoms with Gasteiger partial charge < -0.3 is 24.3 Å². The first-order chi connectivity index (χ1) is 16.1. The number of hydrogen-bond acceptors (Lipinski definition) is 6. The molecule has 1 amide bonds. The maximum Gasteiger partial charge on any atom is 0.250 e. The Bertz CT molecular complexity index is 1020. The first kappa shape index (κ1) is 23.4. The lowest BCUT2D eigenvalue weighted by atomic mass is 10.0.